The Morgan fingerprint density at radius 1 is 0.380 bits per heavy atom. The largest absolute Gasteiger partial charge is 0.456 e. The number of benzene rings is 7. The maximum Gasteiger partial charge on any atom is 0.164 e. The molecule has 0 radical (unpaired) electrons. The van der Waals surface area contributed by atoms with Gasteiger partial charge in [-0.1, -0.05) is 158 Å². The molecule has 234 valence electrons. The molecule has 2 heterocycles. The van der Waals surface area contributed by atoms with Crippen LogP contribution in [0.3, 0.4) is 0 Å². The molecule has 0 bridgehead atoms. The SMILES string of the molecule is c1ccc(-c2nc(-c3ccccc3)nc(-c3cccc4oc5ccc(C6(c7ccccc7)c7ccccc7-c7ccccc76)cc5c34)n2)cc1. The van der Waals surface area contributed by atoms with Gasteiger partial charge < -0.3 is 4.42 Å². The monoisotopic (exact) mass is 639 g/mol. The quantitative estimate of drug-likeness (QED) is 0.188. The van der Waals surface area contributed by atoms with Crippen molar-refractivity contribution >= 4 is 21.9 Å². The molecule has 0 fully saturated rings. The summed E-state index contributed by atoms with van der Waals surface area (Å²) in [5.41, 5.74) is 11.3. The van der Waals surface area contributed by atoms with Crippen LogP contribution in [0, 0.1) is 0 Å². The van der Waals surface area contributed by atoms with Crippen LogP contribution in [0.15, 0.2) is 180 Å². The summed E-state index contributed by atoms with van der Waals surface area (Å²) in [4.78, 5) is 15.1. The highest BCUT2D eigenvalue weighted by molar-refractivity contribution is 6.12. The smallest absolute Gasteiger partial charge is 0.164 e. The van der Waals surface area contributed by atoms with Crippen molar-refractivity contribution in [1.29, 1.82) is 0 Å². The fourth-order valence-electron chi connectivity index (χ4n) is 7.89. The summed E-state index contributed by atoms with van der Waals surface area (Å²) in [7, 11) is 0. The van der Waals surface area contributed by atoms with Gasteiger partial charge in [0.2, 0.25) is 0 Å². The average molecular weight is 640 g/mol. The zero-order valence-electron chi connectivity index (χ0n) is 27.0. The number of hydrogen-bond donors (Lipinski definition) is 0. The van der Waals surface area contributed by atoms with Crippen LogP contribution in [-0.2, 0) is 5.41 Å². The lowest BCUT2D eigenvalue weighted by Gasteiger charge is -2.33. The number of hydrogen-bond acceptors (Lipinski definition) is 4. The van der Waals surface area contributed by atoms with E-state index in [9.17, 15) is 0 Å². The minimum atomic E-state index is -0.519. The van der Waals surface area contributed by atoms with Gasteiger partial charge in [-0.25, -0.2) is 15.0 Å². The van der Waals surface area contributed by atoms with E-state index in [4.69, 9.17) is 19.4 Å². The van der Waals surface area contributed by atoms with E-state index < -0.39 is 5.41 Å². The molecular formula is C46H29N3O. The van der Waals surface area contributed by atoms with Crippen LogP contribution in [-0.4, -0.2) is 15.0 Å². The van der Waals surface area contributed by atoms with Crippen LogP contribution >= 0.6 is 0 Å². The van der Waals surface area contributed by atoms with E-state index in [0.29, 0.717) is 17.5 Å². The van der Waals surface area contributed by atoms with Gasteiger partial charge in [0.25, 0.3) is 0 Å². The minimum Gasteiger partial charge on any atom is -0.456 e. The molecule has 0 saturated heterocycles. The minimum absolute atomic E-state index is 0.519. The van der Waals surface area contributed by atoms with Crippen molar-refractivity contribution in [3.05, 3.63) is 198 Å². The first-order chi connectivity index (χ1) is 24.8. The van der Waals surface area contributed by atoms with Gasteiger partial charge in [0.05, 0.1) is 5.41 Å². The van der Waals surface area contributed by atoms with Crippen LogP contribution in [0.2, 0.25) is 0 Å². The van der Waals surface area contributed by atoms with Crippen LogP contribution in [0.4, 0.5) is 0 Å². The lowest BCUT2D eigenvalue weighted by atomic mass is 9.67. The van der Waals surface area contributed by atoms with E-state index in [1.165, 1.54) is 33.4 Å². The molecule has 1 aliphatic carbocycles. The summed E-state index contributed by atoms with van der Waals surface area (Å²) in [6, 6.07) is 61.5. The second-order valence-electron chi connectivity index (χ2n) is 12.7. The first-order valence-electron chi connectivity index (χ1n) is 16.9. The van der Waals surface area contributed by atoms with Crippen LogP contribution in [0.25, 0.3) is 67.2 Å². The van der Waals surface area contributed by atoms with Crippen LogP contribution < -0.4 is 0 Å². The van der Waals surface area contributed by atoms with Crippen molar-refractivity contribution < 1.29 is 4.42 Å². The van der Waals surface area contributed by atoms with E-state index in [1.807, 2.05) is 72.8 Å². The first-order valence-corrected chi connectivity index (χ1v) is 16.9. The van der Waals surface area contributed by atoms with Crippen molar-refractivity contribution in [1.82, 2.24) is 15.0 Å². The Morgan fingerprint density at radius 3 is 1.52 bits per heavy atom. The standard InChI is InChI=1S/C46H29N3O/c1-4-15-30(16-5-1)43-47-44(31-17-6-2-7-18-31)49-45(48-43)36-23-14-26-41-42(36)37-29-33(27-28-40(37)50-41)46(32-19-8-3-9-20-32)38-24-12-10-21-34(38)35-22-11-13-25-39(35)46/h1-29H. The van der Waals surface area contributed by atoms with E-state index in [1.54, 1.807) is 0 Å². The summed E-state index contributed by atoms with van der Waals surface area (Å²) < 4.78 is 6.57. The second-order valence-corrected chi connectivity index (χ2v) is 12.7. The summed E-state index contributed by atoms with van der Waals surface area (Å²) in [6.45, 7) is 0. The van der Waals surface area contributed by atoms with E-state index in [2.05, 4.69) is 103 Å². The molecule has 0 N–H and O–H groups in total. The molecule has 10 rings (SSSR count). The number of aromatic nitrogens is 3. The molecule has 0 atom stereocenters. The van der Waals surface area contributed by atoms with Crippen LogP contribution in [0.5, 0.6) is 0 Å². The summed E-state index contributed by atoms with van der Waals surface area (Å²) in [5, 5.41) is 2.00. The molecular weight excluding hydrogens is 611 g/mol. The Balaban J connectivity index is 1.26. The molecule has 0 aliphatic heterocycles. The molecule has 4 heteroatoms. The van der Waals surface area contributed by atoms with Crippen molar-refractivity contribution in [2.75, 3.05) is 0 Å². The third-order valence-corrected chi connectivity index (χ3v) is 10.0. The molecule has 1 aliphatic rings. The van der Waals surface area contributed by atoms with Crippen LogP contribution in [0.1, 0.15) is 22.3 Å². The van der Waals surface area contributed by atoms with Crippen molar-refractivity contribution in [3.63, 3.8) is 0 Å². The van der Waals surface area contributed by atoms with Gasteiger partial charge in [-0.15, -0.1) is 0 Å². The van der Waals surface area contributed by atoms with Gasteiger partial charge in [0.1, 0.15) is 11.2 Å². The third-order valence-electron chi connectivity index (χ3n) is 10.0. The Hall–Kier alpha value is -6.65. The highest BCUT2D eigenvalue weighted by atomic mass is 16.3. The topological polar surface area (TPSA) is 51.8 Å². The van der Waals surface area contributed by atoms with Gasteiger partial charge in [-0.05, 0) is 51.6 Å². The number of furan rings is 1. The second kappa shape index (κ2) is 11.2. The van der Waals surface area contributed by atoms with Gasteiger partial charge in [0.15, 0.2) is 17.5 Å². The lowest BCUT2D eigenvalue weighted by Crippen LogP contribution is -2.28. The van der Waals surface area contributed by atoms with Crippen molar-refractivity contribution in [2.24, 2.45) is 0 Å². The average Bonchev–Trinajstić information content (AvgIpc) is 3.72. The van der Waals surface area contributed by atoms with Crippen molar-refractivity contribution in [2.45, 2.75) is 5.41 Å². The van der Waals surface area contributed by atoms with Gasteiger partial charge >= 0.3 is 0 Å². The van der Waals surface area contributed by atoms with Gasteiger partial charge in [-0.3, -0.25) is 0 Å². The molecule has 4 nitrogen and oxygen atoms in total. The summed E-state index contributed by atoms with van der Waals surface area (Å²) in [5.74, 6) is 1.86. The maximum atomic E-state index is 6.57. The number of rotatable bonds is 5. The number of nitrogens with zero attached hydrogens (tertiary/aromatic N) is 3. The number of fused-ring (bicyclic) bond motifs is 6. The molecule has 9 aromatic rings. The molecule has 0 saturated carbocycles. The Bertz CT molecular complexity index is 2600. The third kappa shape index (κ3) is 4.22. The normalized spacial score (nSPS) is 13.0. The van der Waals surface area contributed by atoms with E-state index in [0.717, 1.165) is 38.6 Å². The fraction of sp³-hybridized carbons (Fsp3) is 0.0217. The first kappa shape index (κ1) is 28.4. The highest BCUT2D eigenvalue weighted by Crippen LogP contribution is 2.56. The van der Waals surface area contributed by atoms with Gasteiger partial charge in [0, 0.05) is 27.5 Å². The molecule has 0 spiro atoms. The lowest BCUT2D eigenvalue weighted by molar-refractivity contribution is 0.668. The zero-order chi connectivity index (χ0) is 33.1. The molecule has 2 aromatic heterocycles. The predicted octanol–water partition coefficient (Wildman–Crippen LogP) is 11.1. The summed E-state index contributed by atoms with van der Waals surface area (Å²) >= 11 is 0. The molecule has 50 heavy (non-hydrogen) atoms. The Morgan fingerprint density at radius 2 is 0.900 bits per heavy atom. The zero-order valence-corrected chi connectivity index (χ0v) is 27.0. The van der Waals surface area contributed by atoms with E-state index >= 15 is 0 Å². The van der Waals surface area contributed by atoms with Gasteiger partial charge in [-0.2, -0.15) is 0 Å². The van der Waals surface area contributed by atoms with Crippen molar-refractivity contribution in [3.8, 4) is 45.3 Å². The highest BCUT2D eigenvalue weighted by Gasteiger charge is 2.46. The molecule has 0 amide bonds. The maximum absolute atomic E-state index is 6.57. The fourth-order valence-corrected chi connectivity index (χ4v) is 7.89. The Kier molecular flexibility index (Phi) is 6.36. The Labute approximate surface area is 289 Å². The summed E-state index contributed by atoms with van der Waals surface area (Å²) in [6.07, 6.45) is 0. The predicted molar refractivity (Wildman–Crippen MR) is 201 cm³/mol. The molecule has 0 unspecified atom stereocenters. The molecule has 7 aromatic carbocycles. The van der Waals surface area contributed by atoms with E-state index in [-0.39, 0.29) is 0 Å².